The van der Waals surface area contributed by atoms with E-state index in [2.05, 4.69) is 16.0 Å². The molecule has 3 N–H and O–H groups in total. The van der Waals surface area contributed by atoms with Gasteiger partial charge in [0, 0.05) is 19.5 Å². The molecule has 0 aliphatic carbocycles. The molecule has 0 atom stereocenters. The molecule has 1 aromatic rings. The lowest BCUT2D eigenvalue weighted by molar-refractivity contribution is -0.121. The molecule has 0 saturated carbocycles. The molecule has 1 rings (SSSR count). The van der Waals surface area contributed by atoms with Crippen molar-refractivity contribution >= 4 is 29.5 Å². The Morgan fingerprint density at radius 2 is 1.62 bits per heavy atom. The van der Waals surface area contributed by atoms with E-state index in [-0.39, 0.29) is 18.4 Å². The van der Waals surface area contributed by atoms with Crippen molar-refractivity contribution in [2.75, 3.05) is 26.2 Å². The van der Waals surface area contributed by atoms with Crippen molar-refractivity contribution in [1.82, 2.24) is 16.0 Å². The smallest absolute Gasteiger partial charge is 0.408 e. The number of halogens is 1. The second-order valence-electron chi connectivity index (χ2n) is 7.29. The van der Waals surface area contributed by atoms with Gasteiger partial charge >= 0.3 is 6.09 Å². The van der Waals surface area contributed by atoms with Crippen LogP contribution in [0.5, 0.6) is 5.75 Å². The van der Waals surface area contributed by atoms with Crippen LogP contribution >= 0.6 is 11.6 Å². The molecule has 0 spiro atoms. The highest BCUT2D eigenvalue weighted by Crippen LogP contribution is 2.23. The van der Waals surface area contributed by atoms with Crippen molar-refractivity contribution in [2.24, 2.45) is 0 Å². The fourth-order valence-electron chi connectivity index (χ4n) is 2.14. The fraction of sp³-hybridized carbons (Fsp3) is 0.550. The maximum atomic E-state index is 11.8. The van der Waals surface area contributed by atoms with E-state index in [4.69, 9.17) is 21.1 Å². The number of hydrogen-bond donors (Lipinski definition) is 3. The molecule has 162 valence electrons. The van der Waals surface area contributed by atoms with Crippen LogP contribution in [0.4, 0.5) is 4.79 Å². The Labute approximate surface area is 176 Å². The van der Waals surface area contributed by atoms with E-state index in [1.54, 1.807) is 32.9 Å². The Balaban J connectivity index is 2.01. The lowest BCUT2D eigenvalue weighted by Crippen LogP contribution is -2.40. The van der Waals surface area contributed by atoms with Gasteiger partial charge in [0.1, 0.15) is 11.4 Å². The zero-order valence-corrected chi connectivity index (χ0v) is 17.9. The Bertz CT molecular complexity index is 676. The SMILES string of the molecule is CC(C)(C)OC(=O)NCC(=O)NCCCNC(=O)CCCOc1ccccc1Cl. The average molecular weight is 428 g/mol. The van der Waals surface area contributed by atoms with E-state index in [1.807, 2.05) is 12.1 Å². The van der Waals surface area contributed by atoms with E-state index in [1.165, 1.54) is 0 Å². The average Bonchev–Trinajstić information content (AvgIpc) is 2.63. The van der Waals surface area contributed by atoms with Crippen LogP contribution < -0.4 is 20.7 Å². The van der Waals surface area contributed by atoms with Crippen molar-refractivity contribution in [1.29, 1.82) is 0 Å². The quantitative estimate of drug-likeness (QED) is 0.471. The molecular formula is C20H30ClN3O5. The number of carbonyl (C=O) groups excluding carboxylic acids is 3. The second kappa shape index (κ2) is 12.9. The molecule has 0 aliphatic rings. The molecule has 1 aromatic carbocycles. The van der Waals surface area contributed by atoms with Crippen LogP contribution in [0.2, 0.25) is 5.02 Å². The van der Waals surface area contributed by atoms with Crippen molar-refractivity contribution in [3.63, 3.8) is 0 Å². The summed E-state index contributed by atoms with van der Waals surface area (Å²) < 4.78 is 10.6. The Hall–Kier alpha value is -2.48. The molecule has 8 nitrogen and oxygen atoms in total. The van der Waals surface area contributed by atoms with Crippen LogP contribution in [0.25, 0.3) is 0 Å². The number of para-hydroxylation sites is 1. The highest BCUT2D eigenvalue weighted by molar-refractivity contribution is 6.32. The molecule has 0 unspecified atom stereocenters. The standard InChI is InChI=1S/C20H30ClN3O5/c1-20(2,3)29-19(27)24-14-18(26)23-12-7-11-22-17(25)10-6-13-28-16-9-5-4-8-15(16)21/h4-5,8-9H,6-7,10-14H2,1-3H3,(H,22,25)(H,23,26)(H,24,27). The maximum Gasteiger partial charge on any atom is 0.408 e. The molecule has 0 bridgehead atoms. The summed E-state index contributed by atoms with van der Waals surface area (Å²) in [6.45, 7) is 6.31. The lowest BCUT2D eigenvalue weighted by Gasteiger charge is -2.19. The van der Waals surface area contributed by atoms with Gasteiger partial charge in [0.05, 0.1) is 18.2 Å². The third-order valence-electron chi connectivity index (χ3n) is 3.43. The van der Waals surface area contributed by atoms with Gasteiger partial charge in [-0.1, -0.05) is 23.7 Å². The van der Waals surface area contributed by atoms with Gasteiger partial charge in [-0.2, -0.15) is 0 Å². The molecule has 3 amide bonds. The van der Waals surface area contributed by atoms with Gasteiger partial charge < -0.3 is 25.4 Å². The number of alkyl carbamates (subject to hydrolysis) is 1. The topological polar surface area (TPSA) is 106 Å². The largest absolute Gasteiger partial charge is 0.492 e. The first-order valence-electron chi connectivity index (χ1n) is 9.55. The summed E-state index contributed by atoms with van der Waals surface area (Å²) in [5.74, 6) is 0.205. The molecular weight excluding hydrogens is 398 g/mol. The molecule has 0 fully saturated rings. The zero-order valence-electron chi connectivity index (χ0n) is 17.2. The van der Waals surface area contributed by atoms with Gasteiger partial charge in [-0.05, 0) is 45.7 Å². The molecule has 29 heavy (non-hydrogen) atoms. The first-order valence-corrected chi connectivity index (χ1v) is 9.93. The van der Waals surface area contributed by atoms with Crippen molar-refractivity contribution in [3.05, 3.63) is 29.3 Å². The highest BCUT2D eigenvalue weighted by atomic mass is 35.5. The van der Waals surface area contributed by atoms with Crippen molar-refractivity contribution in [2.45, 2.75) is 45.6 Å². The zero-order chi connectivity index (χ0) is 21.7. The second-order valence-corrected chi connectivity index (χ2v) is 7.70. The van der Waals surface area contributed by atoms with Gasteiger partial charge in [0.25, 0.3) is 0 Å². The number of hydrogen-bond acceptors (Lipinski definition) is 5. The number of nitrogens with one attached hydrogen (secondary N) is 3. The van der Waals surface area contributed by atoms with Gasteiger partial charge in [-0.25, -0.2) is 4.79 Å². The highest BCUT2D eigenvalue weighted by Gasteiger charge is 2.16. The number of amides is 3. The molecule has 0 aliphatic heterocycles. The predicted octanol–water partition coefficient (Wildman–Crippen LogP) is 2.65. The molecule has 0 saturated heterocycles. The van der Waals surface area contributed by atoms with E-state index in [0.717, 1.165) is 0 Å². The third-order valence-corrected chi connectivity index (χ3v) is 3.74. The van der Waals surface area contributed by atoms with Crippen molar-refractivity contribution in [3.8, 4) is 5.75 Å². The van der Waals surface area contributed by atoms with Crippen LogP contribution in [-0.2, 0) is 14.3 Å². The van der Waals surface area contributed by atoms with Gasteiger partial charge in [0.15, 0.2) is 0 Å². The first-order chi connectivity index (χ1) is 13.7. The van der Waals surface area contributed by atoms with Crippen LogP contribution in [0.1, 0.15) is 40.0 Å². The van der Waals surface area contributed by atoms with Crippen LogP contribution in [0.3, 0.4) is 0 Å². The van der Waals surface area contributed by atoms with E-state index in [0.29, 0.717) is 49.7 Å². The molecule has 0 radical (unpaired) electrons. The van der Waals surface area contributed by atoms with Crippen molar-refractivity contribution < 1.29 is 23.9 Å². The molecule has 9 heteroatoms. The number of benzene rings is 1. The molecule has 0 heterocycles. The summed E-state index contributed by atoms with van der Waals surface area (Å²) in [5.41, 5.74) is -0.612. The minimum absolute atomic E-state index is 0.0781. The summed E-state index contributed by atoms with van der Waals surface area (Å²) in [6.07, 6.45) is 0.860. The first kappa shape index (κ1) is 24.6. The van der Waals surface area contributed by atoms with E-state index < -0.39 is 11.7 Å². The Morgan fingerprint density at radius 1 is 0.966 bits per heavy atom. The van der Waals surface area contributed by atoms with E-state index >= 15 is 0 Å². The summed E-state index contributed by atoms with van der Waals surface area (Å²) in [5, 5.41) is 8.36. The lowest BCUT2D eigenvalue weighted by atomic mass is 10.2. The number of carbonyl (C=O) groups is 3. The van der Waals surface area contributed by atoms with E-state index in [9.17, 15) is 14.4 Å². The number of rotatable bonds is 11. The van der Waals surface area contributed by atoms with Crippen LogP contribution in [0.15, 0.2) is 24.3 Å². The Morgan fingerprint density at radius 3 is 2.28 bits per heavy atom. The predicted molar refractivity (Wildman–Crippen MR) is 111 cm³/mol. The van der Waals surface area contributed by atoms with Crippen LogP contribution in [-0.4, -0.2) is 49.7 Å². The number of ether oxygens (including phenoxy) is 2. The summed E-state index contributed by atoms with van der Waals surface area (Å²) in [6, 6.07) is 7.18. The van der Waals surface area contributed by atoms with Gasteiger partial charge in [0.2, 0.25) is 11.8 Å². The summed E-state index contributed by atoms with van der Waals surface area (Å²) >= 11 is 5.99. The van der Waals surface area contributed by atoms with Crippen LogP contribution in [0, 0.1) is 0 Å². The fourth-order valence-corrected chi connectivity index (χ4v) is 2.33. The normalized spacial score (nSPS) is 10.8. The minimum atomic E-state index is -0.640. The summed E-state index contributed by atoms with van der Waals surface area (Å²) in [4.78, 5) is 34.8. The maximum absolute atomic E-state index is 11.8. The monoisotopic (exact) mass is 427 g/mol. The minimum Gasteiger partial charge on any atom is -0.492 e. The summed E-state index contributed by atoms with van der Waals surface area (Å²) in [7, 11) is 0. The third kappa shape index (κ3) is 12.6. The molecule has 0 aromatic heterocycles. The Kier molecular flexibility index (Phi) is 10.9. The van der Waals surface area contributed by atoms with Gasteiger partial charge in [-0.15, -0.1) is 0 Å². The van der Waals surface area contributed by atoms with Gasteiger partial charge in [-0.3, -0.25) is 9.59 Å².